The average molecular weight is 326 g/mol. The van der Waals surface area contributed by atoms with Gasteiger partial charge in [0.25, 0.3) is 0 Å². The lowest BCUT2D eigenvalue weighted by Gasteiger charge is -2.29. The van der Waals surface area contributed by atoms with E-state index < -0.39 is 0 Å². The molecule has 2 aromatic rings. The molecule has 3 nitrogen and oxygen atoms in total. The van der Waals surface area contributed by atoms with E-state index >= 15 is 0 Å². The van der Waals surface area contributed by atoms with Crippen LogP contribution in [0.1, 0.15) is 52.7 Å². The molecule has 0 atom stereocenters. The lowest BCUT2D eigenvalue weighted by atomic mass is 9.79. The van der Waals surface area contributed by atoms with Crippen molar-refractivity contribution < 1.29 is 4.74 Å². The first-order valence-corrected chi connectivity index (χ1v) is 8.38. The van der Waals surface area contributed by atoms with Gasteiger partial charge in [-0.1, -0.05) is 59.7 Å². The zero-order valence-corrected chi connectivity index (χ0v) is 15.9. The van der Waals surface area contributed by atoms with Crippen LogP contribution in [0.4, 0.5) is 17.1 Å². The first kappa shape index (κ1) is 18.2. The van der Waals surface area contributed by atoms with E-state index in [1.54, 1.807) is 7.11 Å². The fourth-order valence-corrected chi connectivity index (χ4v) is 2.69. The molecular formula is C21H30N2O. The number of nitrogens with one attached hydrogen (secondary N) is 1. The highest BCUT2D eigenvalue weighted by molar-refractivity contribution is 5.77. The molecule has 0 aliphatic rings. The van der Waals surface area contributed by atoms with Crippen molar-refractivity contribution in [2.45, 2.75) is 52.4 Å². The van der Waals surface area contributed by atoms with Gasteiger partial charge in [0.15, 0.2) is 0 Å². The van der Waals surface area contributed by atoms with Gasteiger partial charge >= 0.3 is 0 Å². The van der Waals surface area contributed by atoms with Crippen LogP contribution in [0.15, 0.2) is 36.4 Å². The molecule has 0 unspecified atom stereocenters. The Morgan fingerprint density at radius 2 is 1.50 bits per heavy atom. The zero-order chi connectivity index (χ0) is 18.1. The molecule has 0 aliphatic carbocycles. The standard InChI is InChI=1S/C21H30N2O/c1-20(2,3)14-12-15(21(4,5)6)19(24-7)18(13-14)23-17-11-9-8-10-16(17)22/h8-13,23H,22H2,1-7H3. The van der Waals surface area contributed by atoms with Crippen molar-refractivity contribution in [3.63, 3.8) is 0 Å². The van der Waals surface area contributed by atoms with Crippen molar-refractivity contribution in [1.29, 1.82) is 0 Å². The maximum atomic E-state index is 6.10. The minimum Gasteiger partial charge on any atom is -0.494 e. The fourth-order valence-electron chi connectivity index (χ4n) is 2.69. The van der Waals surface area contributed by atoms with Gasteiger partial charge in [-0.2, -0.15) is 0 Å². The molecule has 3 heteroatoms. The second-order valence-corrected chi connectivity index (χ2v) is 8.32. The third kappa shape index (κ3) is 3.84. The fraction of sp³-hybridized carbons (Fsp3) is 0.429. The molecule has 0 heterocycles. The van der Waals surface area contributed by atoms with E-state index in [0.717, 1.165) is 22.8 Å². The van der Waals surface area contributed by atoms with Crippen LogP contribution in [-0.2, 0) is 10.8 Å². The Hall–Kier alpha value is -2.16. The monoisotopic (exact) mass is 326 g/mol. The highest BCUT2D eigenvalue weighted by Crippen LogP contribution is 2.42. The normalized spacial score (nSPS) is 12.1. The van der Waals surface area contributed by atoms with Crippen molar-refractivity contribution >= 4 is 17.1 Å². The summed E-state index contributed by atoms with van der Waals surface area (Å²) in [6.07, 6.45) is 0. The molecule has 0 radical (unpaired) electrons. The number of nitrogen functional groups attached to an aromatic ring is 1. The maximum Gasteiger partial charge on any atom is 0.146 e. The lowest BCUT2D eigenvalue weighted by Crippen LogP contribution is -2.18. The van der Waals surface area contributed by atoms with Crippen LogP contribution < -0.4 is 15.8 Å². The minimum absolute atomic E-state index is 0.0226. The first-order chi connectivity index (χ1) is 11.0. The van der Waals surface area contributed by atoms with Crippen molar-refractivity contribution in [3.8, 4) is 5.75 Å². The molecular weight excluding hydrogens is 296 g/mol. The molecule has 3 N–H and O–H groups in total. The highest BCUT2D eigenvalue weighted by atomic mass is 16.5. The van der Waals surface area contributed by atoms with E-state index in [2.05, 4.69) is 59.0 Å². The van der Waals surface area contributed by atoms with Crippen molar-refractivity contribution in [2.24, 2.45) is 0 Å². The zero-order valence-electron chi connectivity index (χ0n) is 15.9. The molecule has 0 aliphatic heterocycles. The molecule has 0 amide bonds. The number of ether oxygens (including phenoxy) is 1. The summed E-state index contributed by atoms with van der Waals surface area (Å²) in [4.78, 5) is 0. The Labute approximate surface area is 146 Å². The largest absolute Gasteiger partial charge is 0.494 e. The summed E-state index contributed by atoms with van der Waals surface area (Å²) in [5, 5.41) is 3.47. The van der Waals surface area contributed by atoms with Gasteiger partial charge in [-0.15, -0.1) is 0 Å². The van der Waals surface area contributed by atoms with Gasteiger partial charge in [-0.3, -0.25) is 0 Å². The summed E-state index contributed by atoms with van der Waals surface area (Å²) >= 11 is 0. The molecule has 0 saturated heterocycles. The van der Waals surface area contributed by atoms with Gasteiger partial charge in [0.1, 0.15) is 5.75 Å². The number of benzene rings is 2. The summed E-state index contributed by atoms with van der Waals surface area (Å²) in [5.41, 5.74) is 11.1. The van der Waals surface area contributed by atoms with Crippen LogP contribution >= 0.6 is 0 Å². The summed E-state index contributed by atoms with van der Waals surface area (Å²) in [6, 6.07) is 12.2. The maximum absolute atomic E-state index is 6.10. The van der Waals surface area contributed by atoms with Gasteiger partial charge in [-0.05, 0) is 34.6 Å². The quantitative estimate of drug-likeness (QED) is 0.720. The number of hydrogen-bond donors (Lipinski definition) is 2. The van der Waals surface area contributed by atoms with Crippen LogP contribution in [0.25, 0.3) is 0 Å². The van der Waals surface area contributed by atoms with E-state index in [0.29, 0.717) is 0 Å². The predicted molar refractivity (Wildman–Crippen MR) is 105 cm³/mol. The summed E-state index contributed by atoms with van der Waals surface area (Å²) < 4.78 is 5.78. The van der Waals surface area contributed by atoms with Crippen molar-refractivity contribution in [1.82, 2.24) is 0 Å². The molecule has 0 fully saturated rings. The molecule has 0 spiro atoms. The van der Waals surface area contributed by atoms with Crippen LogP contribution in [-0.4, -0.2) is 7.11 Å². The van der Waals surface area contributed by atoms with Crippen LogP contribution in [0, 0.1) is 0 Å². The Bertz CT molecular complexity index is 722. The van der Waals surface area contributed by atoms with E-state index in [4.69, 9.17) is 10.5 Å². The van der Waals surface area contributed by atoms with Gasteiger partial charge in [0.05, 0.1) is 24.2 Å². The minimum atomic E-state index is -0.0226. The summed E-state index contributed by atoms with van der Waals surface area (Å²) in [6.45, 7) is 13.3. The summed E-state index contributed by atoms with van der Waals surface area (Å²) in [7, 11) is 1.72. The smallest absolute Gasteiger partial charge is 0.146 e. The Morgan fingerprint density at radius 3 is 2.00 bits per heavy atom. The molecule has 0 bridgehead atoms. The second kappa shape index (κ2) is 6.39. The third-order valence-corrected chi connectivity index (χ3v) is 4.20. The first-order valence-electron chi connectivity index (χ1n) is 8.38. The summed E-state index contributed by atoms with van der Waals surface area (Å²) in [5.74, 6) is 0.874. The van der Waals surface area contributed by atoms with Crippen LogP contribution in [0.3, 0.4) is 0 Å². The van der Waals surface area contributed by atoms with Crippen LogP contribution in [0.5, 0.6) is 5.75 Å². The number of nitrogens with two attached hydrogens (primary N) is 1. The van der Waals surface area contributed by atoms with Gasteiger partial charge in [0, 0.05) is 5.56 Å². The van der Waals surface area contributed by atoms with E-state index in [1.807, 2.05) is 24.3 Å². The lowest BCUT2D eigenvalue weighted by molar-refractivity contribution is 0.398. The predicted octanol–water partition coefficient (Wildman–Crippen LogP) is 5.62. The molecule has 0 saturated carbocycles. The average Bonchev–Trinajstić information content (AvgIpc) is 2.47. The third-order valence-electron chi connectivity index (χ3n) is 4.20. The van der Waals surface area contributed by atoms with E-state index in [1.165, 1.54) is 11.1 Å². The SMILES string of the molecule is COc1c(Nc2ccccc2N)cc(C(C)(C)C)cc1C(C)(C)C. The topological polar surface area (TPSA) is 47.3 Å². The van der Waals surface area contributed by atoms with Gasteiger partial charge in [-0.25, -0.2) is 0 Å². The van der Waals surface area contributed by atoms with Crippen molar-refractivity contribution in [3.05, 3.63) is 47.5 Å². The molecule has 2 aromatic carbocycles. The Balaban J connectivity index is 2.66. The van der Waals surface area contributed by atoms with E-state index in [9.17, 15) is 0 Å². The number of anilines is 3. The number of methoxy groups -OCH3 is 1. The Morgan fingerprint density at radius 1 is 0.875 bits per heavy atom. The highest BCUT2D eigenvalue weighted by Gasteiger charge is 2.26. The molecule has 24 heavy (non-hydrogen) atoms. The van der Waals surface area contributed by atoms with Crippen LogP contribution in [0.2, 0.25) is 0 Å². The molecule has 0 aromatic heterocycles. The van der Waals surface area contributed by atoms with Crippen molar-refractivity contribution in [2.75, 3.05) is 18.2 Å². The number of para-hydroxylation sites is 2. The second-order valence-electron chi connectivity index (χ2n) is 8.32. The molecule has 130 valence electrons. The Kier molecular flexibility index (Phi) is 4.84. The van der Waals surface area contributed by atoms with Gasteiger partial charge in [0.2, 0.25) is 0 Å². The number of hydrogen-bond acceptors (Lipinski definition) is 3. The molecule has 2 rings (SSSR count). The number of rotatable bonds is 3. The van der Waals surface area contributed by atoms with E-state index in [-0.39, 0.29) is 10.8 Å². The van der Waals surface area contributed by atoms with Gasteiger partial charge < -0.3 is 15.8 Å².